The lowest BCUT2D eigenvalue weighted by Crippen LogP contribution is -2.17. The minimum atomic E-state index is -0.344. The zero-order valence-electron chi connectivity index (χ0n) is 19.0. The van der Waals surface area contributed by atoms with E-state index in [0.29, 0.717) is 6.42 Å². The maximum atomic E-state index is 11.1. The van der Waals surface area contributed by atoms with Gasteiger partial charge < -0.3 is 19.6 Å². The van der Waals surface area contributed by atoms with Crippen molar-refractivity contribution in [2.45, 2.75) is 46.0 Å². The number of carbonyl (C=O) groups excluding carboxylic acids is 1. The number of benzene rings is 1. The number of H-pyrrole nitrogens is 1. The number of aryl methyl sites for hydroxylation is 2. The number of rotatable bonds is 10. The maximum Gasteiger partial charge on any atom is 0.243 e. The van der Waals surface area contributed by atoms with E-state index in [9.17, 15) is 4.79 Å². The number of methoxy groups -OCH3 is 1. The molecule has 10 nitrogen and oxygen atoms in total. The van der Waals surface area contributed by atoms with Crippen LogP contribution in [0.1, 0.15) is 43.6 Å². The first-order valence-corrected chi connectivity index (χ1v) is 11.0. The van der Waals surface area contributed by atoms with E-state index in [-0.39, 0.29) is 5.91 Å². The van der Waals surface area contributed by atoms with Gasteiger partial charge in [-0.25, -0.2) is 15.4 Å². The zero-order valence-corrected chi connectivity index (χ0v) is 19.0. The Balaban J connectivity index is 1.56. The normalized spacial score (nSPS) is 11.3. The Labute approximate surface area is 190 Å². The molecule has 4 aromatic rings. The van der Waals surface area contributed by atoms with Crippen LogP contribution in [0.3, 0.4) is 0 Å². The molecule has 4 rings (SSSR count). The molecule has 0 saturated heterocycles. The van der Waals surface area contributed by atoms with Crippen LogP contribution in [0.15, 0.2) is 23.0 Å². The molecule has 0 aliphatic heterocycles. The molecule has 174 valence electrons. The number of unbranched alkanes of at least 4 members (excludes halogenated alkanes) is 3. The van der Waals surface area contributed by atoms with Crippen LogP contribution in [0.5, 0.6) is 5.75 Å². The van der Waals surface area contributed by atoms with Gasteiger partial charge in [-0.3, -0.25) is 10.0 Å². The molecule has 3 aromatic heterocycles. The molecule has 0 aliphatic rings. The quantitative estimate of drug-likeness (QED) is 0.159. The molecular weight excluding hydrogens is 424 g/mol. The predicted molar refractivity (Wildman–Crippen MR) is 124 cm³/mol. The molecule has 0 saturated carbocycles. The summed E-state index contributed by atoms with van der Waals surface area (Å²) in [5, 5.41) is 17.9. The van der Waals surface area contributed by atoms with Crippen LogP contribution in [-0.2, 0) is 4.79 Å². The first kappa shape index (κ1) is 22.5. The van der Waals surface area contributed by atoms with E-state index in [0.717, 1.165) is 88.3 Å². The van der Waals surface area contributed by atoms with Crippen molar-refractivity contribution in [3.8, 4) is 16.9 Å². The molecule has 3 heterocycles. The van der Waals surface area contributed by atoms with Crippen LogP contribution in [0.4, 0.5) is 5.82 Å². The molecule has 0 bridgehead atoms. The third-order valence-electron chi connectivity index (χ3n) is 5.76. The number of hydroxylamine groups is 1. The Kier molecular flexibility index (Phi) is 6.74. The second-order valence-corrected chi connectivity index (χ2v) is 7.99. The van der Waals surface area contributed by atoms with E-state index in [1.807, 2.05) is 26.0 Å². The molecule has 10 heteroatoms. The minimum Gasteiger partial charge on any atom is -0.496 e. The molecule has 1 aromatic carbocycles. The number of hydrogen-bond donors (Lipinski definition) is 4. The van der Waals surface area contributed by atoms with Crippen molar-refractivity contribution in [1.29, 1.82) is 0 Å². The summed E-state index contributed by atoms with van der Waals surface area (Å²) >= 11 is 0. The summed E-state index contributed by atoms with van der Waals surface area (Å²) in [5.74, 6) is 1.88. The number of ether oxygens (including phenoxy) is 1. The number of anilines is 1. The summed E-state index contributed by atoms with van der Waals surface area (Å²) in [6.07, 6.45) is 5.46. The molecule has 0 aliphatic carbocycles. The number of nitrogens with one attached hydrogen (secondary N) is 3. The first-order valence-electron chi connectivity index (χ1n) is 11.0. The molecule has 0 unspecified atom stereocenters. The third-order valence-corrected chi connectivity index (χ3v) is 5.76. The fraction of sp³-hybridized carbons (Fsp3) is 0.391. The van der Waals surface area contributed by atoms with Gasteiger partial charge in [0.25, 0.3) is 0 Å². The average Bonchev–Trinajstić information content (AvgIpc) is 3.35. The van der Waals surface area contributed by atoms with Crippen LogP contribution >= 0.6 is 0 Å². The molecule has 1 amide bonds. The average molecular weight is 453 g/mol. The van der Waals surface area contributed by atoms with Crippen molar-refractivity contribution in [3.63, 3.8) is 0 Å². The number of amides is 1. The molecule has 0 fully saturated rings. The first-order chi connectivity index (χ1) is 16.0. The fourth-order valence-electron chi connectivity index (χ4n) is 4.15. The van der Waals surface area contributed by atoms with E-state index in [1.165, 1.54) is 0 Å². The highest BCUT2D eigenvalue weighted by molar-refractivity contribution is 6.12. The van der Waals surface area contributed by atoms with Gasteiger partial charge in [0.2, 0.25) is 5.91 Å². The Morgan fingerprint density at radius 3 is 2.73 bits per heavy atom. The fourth-order valence-corrected chi connectivity index (χ4v) is 4.15. The van der Waals surface area contributed by atoms with Gasteiger partial charge in [0, 0.05) is 29.4 Å². The second-order valence-electron chi connectivity index (χ2n) is 7.99. The lowest BCUT2D eigenvalue weighted by Gasteiger charge is -2.10. The number of fused-ring (bicyclic) bond motifs is 3. The lowest BCUT2D eigenvalue weighted by molar-refractivity contribution is -0.129. The maximum absolute atomic E-state index is 11.1. The highest BCUT2D eigenvalue weighted by Gasteiger charge is 2.20. The third kappa shape index (κ3) is 4.61. The summed E-state index contributed by atoms with van der Waals surface area (Å²) in [7, 11) is 1.65. The van der Waals surface area contributed by atoms with Gasteiger partial charge in [-0.2, -0.15) is 0 Å². The second kappa shape index (κ2) is 9.86. The monoisotopic (exact) mass is 452 g/mol. The zero-order chi connectivity index (χ0) is 23.4. The number of nitrogens with zero attached hydrogens (tertiary/aromatic N) is 3. The Bertz CT molecular complexity index is 1260. The van der Waals surface area contributed by atoms with Crippen molar-refractivity contribution in [1.82, 2.24) is 25.6 Å². The van der Waals surface area contributed by atoms with Crippen molar-refractivity contribution < 1.29 is 19.3 Å². The summed E-state index contributed by atoms with van der Waals surface area (Å²) in [6, 6.07) is 4.03. The Hall–Kier alpha value is -3.66. The number of aromatic amines is 1. The highest BCUT2D eigenvalue weighted by Crippen LogP contribution is 2.40. The lowest BCUT2D eigenvalue weighted by atomic mass is 10.0. The molecule has 0 atom stereocenters. The van der Waals surface area contributed by atoms with Crippen LogP contribution in [0.2, 0.25) is 0 Å². The van der Waals surface area contributed by atoms with E-state index < -0.39 is 0 Å². The van der Waals surface area contributed by atoms with Crippen LogP contribution in [-0.4, -0.2) is 44.9 Å². The molecule has 0 spiro atoms. The van der Waals surface area contributed by atoms with Gasteiger partial charge in [0.05, 0.1) is 23.8 Å². The Morgan fingerprint density at radius 2 is 2.00 bits per heavy atom. The van der Waals surface area contributed by atoms with E-state index in [2.05, 4.69) is 25.4 Å². The summed E-state index contributed by atoms with van der Waals surface area (Å²) in [5.41, 5.74) is 5.96. The van der Waals surface area contributed by atoms with E-state index in [4.69, 9.17) is 14.5 Å². The molecule has 0 radical (unpaired) electrons. The topological polar surface area (TPSA) is 138 Å². The van der Waals surface area contributed by atoms with Crippen molar-refractivity contribution >= 4 is 33.7 Å². The molecular formula is C23H28N6O4. The smallest absolute Gasteiger partial charge is 0.243 e. The van der Waals surface area contributed by atoms with Crippen molar-refractivity contribution in [2.75, 3.05) is 19.0 Å². The standard InChI is InChI=1S/C23H28N6O4/c1-13-20(14(2)33-29-13)16-10-17-15(11-18(16)32-3)21-22(25-12-26-23(21)27-17)24-9-7-5-4-6-8-19(30)28-31/h10-12,31H,4-9H2,1-3H3,(H,28,30)(H2,24,25,26,27). The van der Waals surface area contributed by atoms with Gasteiger partial charge in [0.15, 0.2) is 0 Å². The summed E-state index contributed by atoms with van der Waals surface area (Å²) in [4.78, 5) is 23.3. The number of hydrogen-bond acceptors (Lipinski definition) is 8. The number of carbonyl (C=O) groups is 1. The van der Waals surface area contributed by atoms with Crippen LogP contribution in [0, 0.1) is 13.8 Å². The van der Waals surface area contributed by atoms with Crippen molar-refractivity contribution in [3.05, 3.63) is 29.9 Å². The van der Waals surface area contributed by atoms with Gasteiger partial charge in [-0.1, -0.05) is 18.0 Å². The van der Waals surface area contributed by atoms with Gasteiger partial charge in [-0.15, -0.1) is 0 Å². The van der Waals surface area contributed by atoms with Gasteiger partial charge in [0.1, 0.15) is 29.3 Å². The van der Waals surface area contributed by atoms with Crippen molar-refractivity contribution in [2.24, 2.45) is 0 Å². The predicted octanol–water partition coefficient (Wildman–Crippen LogP) is 4.26. The van der Waals surface area contributed by atoms with E-state index in [1.54, 1.807) is 18.9 Å². The number of aromatic nitrogens is 4. The molecule has 33 heavy (non-hydrogen) atoms. The minimum absolute atomic E-state index is 0.337. The SMILES string of the molecule is COc1cc2c(cc1-c1c(C)noc1C)[nH]c1ncnc(NCCCCCCC(=O)NO)c12. The van der Waals surface area contributed by atoms with Gasteiger partial charge >= 0.3 is 0 Å². The summed E-state index contributed by atoms with van der Waals surface area (Å²) < 4.78 is 11.1. The van der Waals surface area contributed by atoms with Crippen LogP contribution in [0.25, 0.3) is 33.1 Å². The van der Waals surface area contributed by atoms with Crippen LogP contribution < -0.4 is 15.5 Å². The van der Waals surface area contributed by atoms with E-state index >= 15 is 0 Å². The summed E-state index contributed by atoms with van der Waals surface area (Å²) in [6.45, 7) is 4.55. The van der Waals surface area contributed by atoms with Gasteiger partial charge in [-0.05, 0) is 38.8 Å². The Morgan fingerprint density at radius 1 is 1.18 bits per heavy atom. The molecule has 4 N–H and O–H groups in total. The largest absolute Gasteiger partial charge is 0.496 e. The highest BCUT2D eigenvalue weighted by atomic mass is 16.5.